The van der Waals surface area contributed by atoms with Crippen molar-refractivity contribution in [2.45, 2.75) is 25.4 Å². The van der Waals surface area contributed by atoms with Crippen LogP contribution in [0.2, 0.25) is 0 Å². The second-order valence-corrected chi connectivity index (χ2v) is 7.14. The van der Waals surface area contributed by atoms with E-state index in [0.717, 1.165) is 24.3 Å². The van der Waals surface area contributed by atoms with Gasteiger partial charge in [0.15, 0.2) is 12.6 Å². The largest absolute Gasteiger partial charge is 0.352 e. The molecular weight excluding hydrogens is 284 g/mol. The maximum absolute atomic E-state index is 5.79. The molecule has 2 aliphatic rings. The average molecular weight is 308 g/mol. The molecule has 0 aromatic heterocycles. The summed E-state index contributed by atoms with van der Waals surface area (Å²) in [6.45, 7) is 2.73. The Balaban J connectivity index is 1.69. The van der Waals surface area contributed by atoms with E-state index in [2.05, 4.69) is 12.5 Å². The van der Waals surface area contributed by atoms with Crippen molar-refractivity contribution in [2.75, 3.05) is 50.4 Å². The Morgan fingerprint density at radius 3 is 1.47 bits per heavy atom. The van der Waals surface area contributed by atoms with Gasteiger partial charge in [0.2, 0.25) is 0 Å². The summed E-state index contributed by atoms with van der Waals surface area (Å²) in [4.78, 5) is 0. The van der Waals surface area contributed by atoms with Gasteiger partial charge in [-0.2, -0.15) is 23.5 Å². The lowest BCUT2D eigenvalue weighted by Gasteiger charge is -2.43. The summed E-state index contributed by atoms with van der Waals surface area (Å²) in [7, 11) is 0. The molecule has 2 saturated heterocycles. The highest BCUT2D eigenvalue weighted by Crippen LogP contribution is 2.31. The maximum atomic E-state index is 5.79. The van der Waals surface area contributed by atoms with Gasteiger partial charge >= 0.3 is 0 Å². The van der Waals surface area contributed by atoms with E-state index in [9.17, 15) is 0 Å². The second-order valence-electron chi connectivity index (χ2n) is 5.17. The summed E-state index contributed by atoms with van der Waals surface area (Å²) in [5.74, 6) is 2.14. The molecule has 0 unspecified atom stereocenters. The number of hydrogen-bond donors (Lipinski definition) is 0. The SMILES string of the molecule is CSCCC1OCC2(CO1)COC(CCSC)OC2. The highest BCUT2D eigenvalue weighted by Gasteiger charge is 2.41. The van der Waals surface area contributed by atoms with Crippen LogP contribution < -0.4 is 0 Å². The Morgan fingerprint density at radius 1 is 0.789 bits per heavy atom. The smallest absolute Gasteiger partial charge is 0.158 e. The van der Waals surface area contributed by atoms with Crippen LogP contribution in [0.3, 0.4) is 0 Å². The first-order valence-corrected chi connectivity index (χ1v) is 9.51. The van der Waals surface area contributed by atoms with Crippen molar-refractivity contribution in [3.63, 3.8) is 0 Å². The van der Waals surface area contributed by atoms with Crippen LogP contribution in [0, 0.1) is 5.41 Å². The molecule has 0 N–H and O–H groups in total. The molecule has 0 atom stereocenters. The molecule has 0 aromatic rings. The summed E-state index contributed by atoms with van der Waals surface area (Å²) in [5, 5.41) is 0. The van der Waals surface area contributed by atoms with Crippen LogP contribution in [-0.4, -0.2) is 63.0 Å². The van der Waals surface area contributed by atoms with Crippen LogP contribution >= 0.6 is 23.5 Å². The Bertz CT molecular complexity index is 220. The van der Waals surface area contributed by atoms with E-state index in [1.54, 1.807) is 0 Å². The van der Waals surface area contributed by atoms with Gasteiger partial charge in [-0.15, -0.1) is 0 Å². The van der Waals surface area contributed by atoms with E-state index in [1.807, 2.05) is 23.5 Å². The van der Waals surface area contributed by atoms with Gasteiger partial charge in [-0.05, 0) is 24.0 Å². The lowest BCUT2D eigenvalue weighted by Crippen LogP contribution is -2.52. The molecule has 112 valence electrons. The Kier molecular flexibility index (Phi) is 6.79. The zero-order valence-corrected chi connectivity index (χ0v) is 13.4. The number of ether oxygens (including phenoxy) is 4. The van der Waals surface area contributed by atoms with E-state index in [-0.39, 0.29) is 18.0 Å². The minimum atomic E-state index is -0.0916. The lowest BCUT2D eigenvalue weighted by molar-refractivity contribution is -0.302. The zero-order chi connectivity index (χ0) is 13.6. The van der Waals surface area contributed by atoms with E-state index < -0.39 is 0 Å². The molecule has 0 bridgehead atoms. The second kappa shape index (κ2) is 8.10. The summed E-state index contributed by atoms with van der Waals surface area (Å²) in [6.07, 6.45) is 6.01. The predicted octanol–water partition coefficient (Wildman–Crippen LogP) is 2.22. The standard InChI is InChI=1S/C13H24O4S2/c1-18-5-3-11-14-7-13(8-15-11)9-16-12(17-10-13)4-6-19-2/h11-12H,3-10H2,1-2H3. The Morgan fingerprint density at radius 2 is 1.16 bits per heavy atom. The highest BCUT2D eigenvalue weighted by atomic mass is 32.2. The number of thioether (sulfide) groups is 2. The van der Waals surface area contributed by atoms with Gasteiger partial charge in [-0.25, -0.2) is 0 Å². The molecule has 1 spiro atoms. The molecule has 0 aliphatic carbocycles. The fourth-order valence-electron chi connectivity index (χ4n) is 2.19. The van der Waals surface area contributed by atoms with Crippen molar-refractivity contribution in [2.24, 2.45) is 5.41 Å². The summed E-state index contributed by atoms with van der Waals surface area (Å²) in [5.41, 5.74) is -0.0916. The Labute approximate surface area is 124 Å². The first-order valence-electron chi connectivity index (χ1n) is 6.72. The van der Waals surface area contributed by atoms with Crippen LogP contribution in [0.5, 0.6) is 0 Å². The molecule has 2 aliphatic heterocycles. The van der Waals surface area contributed by atoms with Crippen LogP contribution in [0.1, 0.15) is 12.8 Å². The minimum Gasteiger partial charge on any atom is -0.352 e. The zero-order valence-electron chi connectivity index (χ0n) is 11.8. The van der Waals surface area contributed by atoms with Crippen LogP contribution in [-0.2, 0) is 18.9 Å². The van der Waals surface area contributed by atoms with Crippen molar-refractivity contribution < 1.29 is 18.9 Å². The van der Waals surface area contributed by atoms with Crippen molar-refractivity contribution in [1.82, 2.24) is 0 Å². The molecule has 0 amide bonds. The monoisotopic (exact) mass is 308 g/mol. The molecule has 2 fully saturated rings. The molecule has 0 radical (unpaired) electrons. The molecule has 0 aromatic carbocycles. The van der Waals surface area contributed by atoms with Gasteiger partial charge in [0.25, 0.3) is 0 Å². The molecule has 0 saturated carbocycles. The highest BCUT2D eigenvalue weighted by molar-refractivity contribution is 7.98. The molecule has 19 heavy (non-hydrogen) atoms. The van der Waals surface area contributed by atoms with Crippen LogP contribution in [0.4, 0.5) is 0 Å². The van der Waals surface area contributed by atoms with E-state index in [4.69, 9.17) is 18.9 Å². The van der Waals surface area contributed by atoms with Gasteiger partial charge in [-0.1, -0.05) is 0 Å². The lowest BCUT2D eigenvalue weighted by atomic mass is 9.90. The topological polar surface area (TPSA) is 36.9 Å². The van der Waals surface area contributed by atoms with Crippen LogP contribution in [0.15, 0.2) is 0 Å². The van der Waals surface area contributed by atoms with Crippen molar-refractivity contribution in [3.05, 3.63) is 0 Å². The van der Waals surface area contributed by atoms with Gasteiger partial charge in [0, 0.05) is 12.8 Å². The van der Waals surface area contributed by atoms with Crippen molar-refractivity contribution >= 4 is 23.5 Å². The predicted molar refractivity (Wildman–Crippen MR) is 79.8 cm³/mol. The normalized spacial score (nSPS) is 35.7. The third-order valence-electron chi connectivity index (χ3n) is 3.42. The number of hydrogen-bond acceptors (Lipinski definition) is 6. The van der Waals surface area contributed by atoms with Crippen molar-refractivity contribution in [1.29, 1.82) is 0 Å². The van der Waals surface area contributed by atoms with Gasteiger partial charge < -0.3 is 18.9 Å². The Hall–Kier alpha value is 0.540. The molecular formula is C13H24O4S2. The first kappa shape index (κ1) is 15.9. The van der Waals surface area contributed by atoms with E-state index in [0.29, 0.717) is 26.4 Å². The number of rotatable bonds is 6. The fourth-order valence-corrected chi connectivity index (χ4v) is 3.04. The summed E-state index contributed by atoms with van der Waals surface area (Å²) >= 11 is 3.64. The van der Waals surface area contributed by atoms with E-state index in [1.165, 1.54) is 0 Å². The first-order chi connectivity index (χ1) is 9.28. The van der Waals surface area contributed by atoms with Crippen molar-refractivity contribution in [3.8, 4) is 0 Å². The minimum absolute atomic E-state index is 0.0488. The molecule has 4 nitrogen and oxygen atoms in total. The molecule has 6 heteroatoms. The third-order valence-corrected chi connectivity index (χ3v) is 4.70. The third kappa shape index (κ3) is 4.79. The van der Waals surface area contributed by atoms with Crippen LogP contribution in [0.25, 0.3) is 0 Å². The van der Waals surface area contributed by atoms with Gasteiger partial charge in [0.1, 0.15) is 0 Å². The van der Waals surface area contributed by atoms with E-state index >= 15 is 0 Å². The quantitative estimate of drug-likeness (QED) is 0.749. The average Bonchev–Trinajstić information content (AvgIpc) is 2.46. The molecule has 2 rings (SSSR count). The summed E-state index contributed by atoms with van der Waals surface area (Å²) < 4.78 is 23.2. The van der Waals surface area contributed by atoms with Gasteiger partial charge in [0.05, 0.1) is 31.8 Å². The van der Waals surface area contributed by atoms with Gasteiger partial charge in [-0.3, -0.25) is 0 Å². The fraction of sp³-hybridized carbons (Fsp3) is 1.00. The summed E-state index contributed by atoms with van der Waals surface area (Å²) in [6, 6.07) is 0. The maximum Gasteiger partial charge on any atom is 0.158 e. The molecule has 2 heterocycles.